The van der Waals surface area contributed by atoms with Crippen molar-refractivity contribution in [1.82, 2.24) is 4.98 Å². The van der Waals surface area contributed by atoms with Crippen LogP contribution in [0.4, 0.5) is 10.8 Å². The van der Waals surface area contributed by atoms with Gasteiger partial charge in [-0.15, -0.1) is 11.3 Å². The molecule has 5 rings (SSSR count). The molecule has 0 saturated heterocycles. The number of aromatic nitrogens is 1. The van der Waals surface area contributed by atoms with E-state index < -0.39 is 6.04 Å². The molecule has 1 aromatic heterocycles. The average Bonchev–Trinajstić information content (AvgIpc) is 3.48. The molecule has 1 amide bonds. The first-order valence-electron chi connectivity index (χ1n) is 11.0. The first-order chi connectivity index (χ1) is 17.0. The molecule has 1 aliphatic heterocycles. The molecule has 172 valence electrons. The van der Waals surface area contributed by atoms with Crippen LogP contribution in [0.5, 0.6) is 0 Å². The molecule has 8 heteroatoms. The average molecular weight is 480 g/mol. The normalized spacial score (nSPS) is 15.6. The van der Waals surface area contributed by atoms with E-state index >= 15 is 0 Å². The van der Waals surface area contributed by atoms with Gasteiger partial charge in [0.15, 0.2) is 11.8 Å². The van der Waals surface area contributed by atoms with Gasteiger partial charge in [-0.05, 0) is 38.1 Å². The molecule has 35 heavy (non-hydrogen) atoms. The fourth-order valence-electron chi connectivity index (χ4n) is 3.60. The number of benzene rings is 3. The van der Waals surface area contributed by atoms with Crippen molar-refractivity contribution in [2.24, 2.45) is 15.3 Å². The van der Waals surface area contributed by atoms with E-state index in [1.165, 1.54) is 21.9 Å². The van der Waals surface area contributed by atoms with Crippen molar-refractivity contribution in [3.05, 3.63) is 101 Å². The standard InChI is InChI=1S/C27H21N5O2S/c1-17-8-10-19(11-9-17)23-16-35-27(28-23)32-26(34)24(18(2)31-32)30-29-22-14-12-21(13-15-22)25(33)20-6-4-3-5-7-20/h3-16,24H,1-2H3/t24-/m0/s1. The van der Waals surface area contributed by atoms with Crippen molar-refractivity contribution < 1.29 is 9.59 Å². The summed E-state index contributed by atoms with van der Waals surface area (Å²) in [6.07, 6.45) is 0. The molecule has 0 fully saturated rings. The van der Waals surface area contributed by atoms with Crippen LogP contribution in [0.2, 0.25) is 0 Å². The van der Waals surface area contributed by atoms with Crippen LogP contribution >= 0.6 is 11.3 Å². The monoisotopic (exact) mass is 479 g/mol. The summed E-state index contributed by atoms with van der Waals surface area (Å²) in [6, 6.07) is 23.2. The van der Waals surface area contributed by atoms with Gasteiger partial charge in [-0.3, -0.25) is 9.59 Å². The predicted octanol–water partition coefficient (Wildman–Crippen LogP) is 6.22. The van der Waals surface area contributed by atoms with Crippen molar-refractivity contribution in [3.8, 4) is 11.3 Å². The molecule has 3 aromatic carbocycles. The lowest BCUT2D eigenvalue weighted by atomic mass is 10.0. The van der Waals surface area contributed by atoms with E-state index in [0.717, 1.165) is 11.3 Å². The molecule has 0 unspecified atom stereocenters. The molecule has 7 nitrogen and oxygen atoms in total. The van der Waals surface area contributed by atoms with Gasteiger partial charge in [0.2, 0.25) is 5.13 Å². The molecular formula is C27H21N5O2S. The molecule has 0 N–H and O–H groups in total. The van der Waals surface area contributed by atoms with Crippen molar-refractivity contribution >= 4 is 39.6 Å². The van der Waals surface area contributed by atoms with Gasteiger partial charge in [-0.2, -0.15) is 20.3 Å². The molecule has 1 aliphatic rings. The number of azo groups is 1. The number of anilines is 1. The number of aryl methyl sites for hydroxylation is 1. The van der Waals surface area contributed by atoms with Gasteiger partial charge in [0.05, 0.1) is 17.1 Å². The number of hydrogen-bond donors (Lipinski definition) is 0. The Morgan fingerprint density at radius 1 is 0.914 bits per heavy atom. The number of nitrogens with zero attached hydrogens (tertiary/aromatic N) is 5. The Morgan fingerprint density at radius 2 is 1.60 bits per heavy atom. The highest BCUT2D eigenvalue weighted by Crippen LogP contribution is 2.31. The van der Waals surface area contributed by atoms with Crippen molar-refractivity contribution in [1.29, 1.82) is 0 Å². The number of hydrazone groups is 1. The lowest BCUT2D eigenvalue weighted by Crippen LogP contribution is -2.29. The number of thiazole rings is 1. The number of amides is 1. The van der Waals surface area contributed by atoms with Crippen LogP contribution in [0.3, 0.4) is 0 Å². The van der Waals surface area contributed by atoms with Gasteiger partial charge < -0.3 is 0 Å². The maximum absolute atomic E-state index is 13.0. The number of ketones is 1. The van der Waals surface area contributed by atoms with E-state index in [0.29, 0.717) is 27.7 Å². The third-order valence-corrected chi connectivity index (χ3v) is 6.39. The van der Waals surface area contributed by atoms with Crippen LogP contribution in [0, 0.1) is 6.92 Å². The zero-order valence-corrected chi connectivity index (χ0v) is 19.9. The van der Waals surface area contributed by atoms with Gasteiger partial charge in [0.1, 0.15) is 0 Å². The van der Waals surface area contributed by atoms with E-state index in [1.54, 1.807) is 43.3 Å². The zero-order valence-electron chi connectivity index (χ0n) is 19.1. The van der Waals surface area contributed by atoms with Crippen LogP contribution < -0.4 is 5.01 Å². The van der Waals surface area contributed by atoms with E-state index in [2.05, 4.69) is 20.3 Å². The Bertz CT molecular complexity index is 1440. The SMILES string of the molecule is CC1=NN(c2nc(-c3ccc(C)cc3)cs2)C(=O)[C@H]1N=Nc1ccc(C(=O)c2ccccc2)cc1. The van der Waals surface area contributed by atoms with E-state index in [9.17, 15) is 9.59 Å². The maximum atomic E-state index is 13.0. The van der Waals surface area contributed by atoms with E-state index in [-0.39, 0.29) is 11.7 Å². The molecular weight excluding hydrogens is 458 g/mol. The molecule has 0 spiro atoms. The fourth-order valence-corrected chi connectivity index (χ4v) is 4.39. The summed E-state index contributed by atoms with van der Waals surface area (Å²) in [5.41, 5.74) is 5.22. The lowest BCUT2D eigenvalue weighted by molar-refractivity contribution is -0.117. The second-order valence-corrected chi connectivity index (χ2v) is 8.97. The Balaban J connectivity index is 1.28. The quantitative estimate of drug-likeness (QED) is 0.243. The van der Waals surface area contributed by atoms with Gasteiger partial charge in [-0.1, -0.05) is 60.2 Å². The number of carbonyl (C=O) groups is 2. The summed E-state index contributed by atoms with van der Waals surface area (Å²) in [4.78, 5) is 30.2. The smallest absolute Gasteiger partial charge is 0.282 e. The highest BCUT2D eigenvalue weighted by Gasteiger charge is 2.36. The van der Waals surface area contributed by atoms with Crippen molar-refractivity contribution in [2.75, 3.05) is 5.01 Å². The summed E-state index contributed by atoms with van der Waals surface area (Å²) < 4.78 is 0. The van der Waals surface area contributed by atoms with Crippen LogP contribution in [0.1, 0.15) is 28.4 Å². The molecule has 1 atom stereocenters. The summed E-state index contributed by atoms with van der Waals surface area (Å²) in [6.45, 7) is 3.78. The van der Waals surface area contributed by atoms with E-state index in [1.807, 2.05) is 54.8 Å². The van der Waals surface area contributed by atoms with Gasteiger partial charge in [-0.25, -0.2) is 4.98 Å². The van der Waals surface area contributed by atoms with Gasteiger partial charge in [0.25, 0.3) is 5.91 Å². The second kappa shape index (κ2) is 9.52. The number of hydrogen-bond acceptors (Lipinski definition) is 7. The van der Waals surface area contributed by atoms with Crippen LogP contribution in [0.25, 0.3) is 11.3 Å². The lowest BCUT2D eigenvalue weighted by Gasteiger charge is -2.08. The first kappa shape index (κ1) is 22.5. The molecule has 0 radical (unpaired) electrons. The summed E-state index contributed by atoms with van der Waals surface area (Å²) >= 11 is 1.35. The topological polar surface area (TPSA) is 87.3 Å². The maximum Gasteiger partial charge on any atom is 0.282 e. The Labute approximate surface area is 206 Å². The Kier molecular flexibility index (Phi) is 6.12. The Morgan fingerprint density at radius 3 is 2.31 bits per heavy atom. The van der Waals surface area contributed by atoms with Crippen LogP contribution in [0.15, 0.2) is 99.6 Å². The molecule has 0 aliphatic carbocycles. The van der Waals surface area contributed by atoms with Crippen molar-refractivity contribution in [2.45, 2.75) is 19.9 Å². The third-order valence-electron chi connectivity index (χ3n) is 5.57. The fraction of sp³-hybridized carbons (Fsp3) is 0.111. The molecule has 0 saturated carbocycles. The Hall–Kier alpha value is -4.30. The minimum Gasteiger partial charge on any atom is -0.289 e. The van der Waals surface area contributed by atoms with Gasteiger partial charge in [0, 0.05) is 22.1 Å². The molecule has 4 aromatic rings. The van der Waals surface area contributed by atoms with Gasteiger partial charge >= 0.3 is 0 Å². The van der Waals surface area contributed by atoms with Crippen LogP contribution in [-0.2, 0) is 4.79 Å². The summed E-state index contributed by atoms with van der Waals surface area (Å²) in [7, 11) is 0. The molecule has 2 heterocycles. The number of carbonyl (C=O) groups excluding carboxylic acids is 2. The minimum atomic E-state index is -0.813. The second-order valence-electron chi connectivity index (χ2n) is 8.13. The highest BCUT2D eigenvalue weighted by molar-refractivity contribution is 7.14. The zero-order chi connectivity index (χ0) is 24.4. The van der Waals surface area contributed by atoms with E-state index in [4.69, 9.17) is 0 Å². The minimum absolute atomic E-state index is 0.0628. The third kappa shape index (κ3) is 4.69. The van der Waals surface area contributed by atoms with Crippen molar-refractivity contribution in [3.63, 3.8) is 0 Å². The molecule has 0 bridgehead atoms. The number of rotatable bonds is 6. The highest BCUT2D eigenvalue weighted by atomic mass is 32.1. The predicted molar refractivity (Wildman–Crippen MR) is 138 cm³/mol. The summed E-state index contributed by atoms with van der Waals surface area (Å²) in [5.74, 6) is -0.362. The largest absolute Gasteiger partial charge is 0.289 e. The summed E-state index contributed by atoms with van der Waals surface area (Å²) in [5, 5.41) is 16.5. The van der Waals surface area contributed by atoms with Crippen LogP contribution in [-0.4, -0.2) is 28.4 Å². The first-order valence-corrected chi connectivity index (χ1v) is 11.9.